The van der Waals surface area contributed by atoms with Gasteiger partial charge in [-0.25, -0.2) is 0 Å². The minimum absolute atomic E-state index is 0.0925. The molecule has 3 nitrogen and oxygen atoms in total. The van der Waals surface area contributed by atoms with Crippen LogP contribution in [-0.2, 0) is 4.79 Å². The van der Waals surface area contributed by atoms with Crippen molar-refractivity contribution < 1.29 is 14.7 Å². The molecule has 4 heteroatoms. The van der Waals surface area contributed by atoms with Crippen LogP contribution < -0.4 is 0 Å². The number of carboxylic acids is 1. The number of hydrogen-bond donors (Lipinski definition) is 1. The average molecular weight is 255 g/mol. The van der Waals surface area contributed by atoms with Crippen molar-refractivity contribution in [1.29, 1.82) is 0 Å². The number of carbonyl (C=O) groups excluding carboxylic acids is 1. The summed E-state index contributed by atoms with van der Waals surface area (Å²) in [4.78, 5) is 22.4. The Morgan fingerprint density at radius 1 is 1.35 bits per heavy atom. The normalized spacial score (nSPS) is 12.2. The fourth-order valence-corrected chi connectivity index (χ4v) is 1.78. The summed E-state index contributed by atoms with van der Waals surface area (Å²) in [6, 6.07) is 5.57. The van der Waals surface area contributed by atoms with Crippen molar-refractivity contribution in [2.24, 2.45) is 0 Å². The molecule has 0 aliphatic heterocycles. The number of aliphatic carboxylic acids is 1. The van der Waals surface area contributed by atoms with Crippen molar-refractivity contribution >= 4 is 23.4 Å². The molecule has 0 heterocycles. The summed E-state index contributed by atoms with van der Waals surface area (Å²) in [7, 11) is 0. The maximum absolute atomic E-state index is 12.0. The Kier molecular flexibility index (Phi) is 4.70. The molecule has 0 aromatic heterocycles. The molecule has 92 valence electrons. The van der Waals surface area contributed by atoms with E-state index < -0.39 is 11.3 Å². The summed E-state index contributed by atoms with van der Waals surface area (Å²) in [5.74, 6) is -1.14. The van der Waals surface area contributed by atoms with Crippen molar-refractivity contribution in [3.05, 3.63) is 34.9 Å². The number of alkyl halides is 1. The van der Waals surface area contributed by atoms with Gasteiger partial charge in [-0.05, 0) is 31.9 Å². The molecule has 1 atom stereocenters. The molecule has 1 aromatic rings. The van der Waals surface area contributed by atoms with Gasteiger partial charge in [0.1, 0.15) is 0 Å². The molecule has 17 heavy (non-hydrogen) atoms. The number of ketones is 1. The van der Waals surface area contributed by atoms with Gasteiger partial charge in [0, 0.05) is 12.0 Å². The first kappa shape index (κ1) is 13.7. The van der Waals surface area contributed by atoms with Crippen molar-refractivity contribution in [2.45, 2.75) is 32.1 Å². The lowest BCUT2D eigenvalue weighted by Crippen LogP contribution is -2.17. The second-order valence-corrected chi connectivity index (χ2v) is 4.61. The summed E-state index contributed by atoms with van der Waals surface area (Å²) in [5.41, 5.74) is 2.43. The molecule has 0 radical (unpaired) electrons. The van der Waals surface area contributed by atoms with Crippen LogP contribution in [0.15, 0.2) is 18.2 Å². The van der Waals surface area contributed by atoms with Gasteiger partial charge in [0.15, 0.2) is 5.78 Å². The van der Waals surface area contributed by atoms with Crippen LogP contribution in [0.5, 0.6) is 0 Å². The lowest BCUT2D eigenvalue weighted by atomic mass is 9.98. The molecule has 0 aliphatic rings. The van der Waals surface area contributed by atoms with E-state index in [2.05, 4.69) is 0 Å². The molecule has 0 fully saturated rings. The maximum atomic E-state index is 12.0. The topological polar surface area (TPSA) is 54.4 Å². The van der Waals surface area contributed by atoms with Crippen LogP contribution in [0, 0.1) is 13.8 Å². The van der Waals surface area contributed by atoms with Gasteiger partial charge >= 0.3 is 5.97 Å². The molecular formula is C13H15ClO3. The highest BCUT2D eigenvalue weighted by Crippen LogP contribution is 2.18. The van der Waals surface area contributed by atoms with Crippen LogP contribution >= 0.6 is 11.6 Å². The summed E-state index contributed by atoms with van der Waals surface area (Å²) >= 11 is 5.92. The fourth-order valence-electron chi connectivity index (χ4n) is 1.55. The lowest BCUT2D eigenvalue weighted by molar-refractivity contribution is -0.137. The van der Waals surface area contributed by atoms with Gasteiger partial charge in [-0.15, -0.1) is 11.6 Å². The molecule has 0 bridgehead atoms. The minimum Gasteiger partial charge on any atom is -0.481 e. The van der Waals surface area contributed by atoms with Gasteiger partial charge in [0.25, 0.3) is 0 Å². The van der Waals surface area contributed by atoms with Crippen LogP contribution in [0.3, 0.4) is 0 Å². The molecule has 0 amide bonds. The third kappa shape index (κ3) is 3.86. The van der Waals surface area contributed by atoms with E-state index in [1.54, 1.807) is 6.07 Å². The zero-order chi connectivity index (χ0) is 13.0. The molecular weight excluding hydrogens is 240 g/mol. The van der Waals surface area contributed by atoms with Crippen molar-refractivity contribution in [3.63, 3.8) is 0 Å². The van der Waals surface area contributed by atoms with Gasteiger partial charge in [0.2, 0.25) is 0 Å². The van der Waals surface area contributed by atoms with E-state index in [0.29, 0.717) is 5.56 Å². The first-order valence-corrected chi connectivity index (χ1v) is 5.83. The Labute approximate surface area is 105 Å². The summed E-state index contributed by atoms with van der Waals surface area (Å²) < 4.78 is 0. The van der Waals surface area contributed by atoms with E-state index in [-0.39, 0.29) is 18.6 Å². The number of rotatable bonds is 5. The maximum Gasteiger partial charge on any atom is 0.303 e. The Bertz CT molecular complexity index is 440. The van der Waals surface area contributed by atoms with Crippen LogP contribution in [0.1, 0.15) is 34.3 Å². The molecule has 1 aromatic carbocycles. The van der Waals surface area contributed by atoms with E-state index in [9.17, 15) is 9.59 Å². The number of hydrogen-bond acceptors (Lipinski definition) is 2. The zero-order valence-corrected chi connectivity index (χ0v) is 10.6. The van der Waals surface area contributed by atoms with E-state index >= 15 is 0 Å². The highest BCUT2D eigenvalue weighted by molar-refractivity contribution is 6.34. The lowest BCUT2D eigenvalue weighted by Gasteiger charge is -2.10. The van der Waals surface area contributed by atoms with Crippen molar-refractivity contribution in [1.82, 2.24) is 0 Å². The van der Waals surface area contributed by atoms with Gasteiger partial charge in [-0.2, -0.15) is 0 Å². The first-order chi connectivity index (χ1) is 7.91. The summed E-state index contributed by atoms with van der Waals surface area (Å²) in [6.45, 7) is 3.74. The minimum atomic E-state index is -0.940. The number of Topliss-reactive ketones (excluding diaryl/α,β-unsaturated/α-hetero) is 1. The number of carbonyl (C=O) groups is 2. The number of aryl methyl sites for hydroxylation is 2. The van der Waals surface area contributed by atoms with Gasteiger partial charge in [-0.1, -0.05) is 17.7 Å². The number of halogens is 1. The van der Waals surface area contributed by atoms with Gasteiger partial charge in [-0.3, -0.25) is 9.59 Å². The quantitative estimate of drug-likeness (QED) is 0.649. The van der Waals surface area contributed by atoms with Crippen LogP contribution in [0.2, 0.25) is 0 Å². The number of benzene rings is 1. The second-order valence-electron chi connectivity index (χ2n) is 4.08. The average Bonchev–Trinajstić information content (AvgIpc) is 2.28. The smallest absolute Gasteiger partial charge is 0.303 e. The Morgan fingerprint density at radius 2 is 2.00 bits per heavy atom. The third-order valence-corrected chi connectivity index (χ3v) is 2.97. The Balaban J connectivity index is 2.81. The van der Waals surface area contributed by atoms with E-state index in [0.717, 1.165) is 11.1 Å². The van der Waals surface area contributed by atoms with Gasteiger partial charge in [0.05, 0.1) is 5.38 Å². The summed E-state index contributed by atoms with van der Waals surface area (Å²) in [5, 5.41) is 7.77. The second kappa shape index (κ2) is 5.82. The zero-order valence-electron chi connectivity index (χ0n) is 9.87. The third-order valence-electron chi connectivity index (χ3n) is 2.55. The highest BCUT2D eigenvalue weighted by atomic mass is 35.5. The largest absolute Gasteiger partial charge is 0.481 e. The predicted octanol–water partition coefficient (Wildman–Crippen LogP) is 2.96. The van der Waals surface area contributed by atoms with Crippen LogP contribution in [-0.4, -0.2) is 22.2 Å². The molecule has 1 unspecified atom stereocenters. The van der Waals surface area contributed by atoms with Gasteiger partial charge < -0.3 is 5.11 Å². The Hall–Kier alpha value is -1.35. The molecule has 0 saturated heterocycles. The number of carboxylic acid groups (broad SMARTS) is 1. The first-order valence-electron chi connectivity index (χ1n) is 5.39. The fraction of sp³-hybridized carbons (Fsp3) is 0.385. The van der Waals surface area contributed by atoms with Crippen molar-refractivity contribution in [2.75, 3.05) is 0 Å². The van der Waals surface area contributed by atoms with E-state index in [4.69, 9.17) is 16.7 Å². The summed E-state index contributed by atoms with van der Waals surface area (Å²) in [6.07, 6.45) is 0.0634. The predicted molar refractivity (Wildman–Crippen MR) is 66.8 cm³/mol. The standard InChI is InChI=1S/C13H15ClO3/c1-8-3-4-9(2)10(7-8)13(17)11(14)5-6-12(15)16/h3-4,7,11H,5-6H2,1-2H3,(H,15,16). The van der Waals surface area contributed by atoms with Crippen LogP contribution in [0.4, 0.5) is 0 Å². The molecule has 1 N–H and O–H groups in total. The van der Waals surface area contributed by atoms with E-state index in [1.807, 2.05) is 26.0 Å². The highest BCUT2D eigenvalue weighted by Gasteiger charge is 2.19. The molecule has 1 rings (SSSR count). The molecule has 0 aliphatic carbocycles. The SMILES string of the molecule is Cc1ccc(C)c(C(=O)C(Cl)CCC(=O)O)c1. The molecule has 0 saturated carbocycles. The monoisotopic (exact) mass is 254 g/mol. The van der Waals surface area contributed by atoms with Crippen molar-refractivity contribution in [3.8, 4) is 0 Å². The van der Waals surface area contributed by atoms with E-state index in [1.165, 1.54) is 0 Å². The molecule has 0 spiro atoms. The Morgan fingerprint density at radius 3 is 2.59 bits per heavy atom. The van der Waals surface area contributed by atoms with Crippen LogP contribution in [0.25, 0.3) is 0 Å².